The van der Waals surface area contributed by atoms with Crippen molar-refractivity contribution in [2.24, 2.45) is 11.8 Å². The van der Waals surface area contributed by atoms with Crippen LogP contribution in [-0.4, -0.2) is 26.2 Å². The minimum atomic E-state index is -0.235. The Labute approximate surface area is 183 Å². The third-order valence-electron chi connectivity index (χ3n) is 7.22. The maximum absolute atomic E-state index is 15.0. The quantitative estimate of drug-likeness (QED) is 0.519. The zero-order valence-electron chi connectivity index (χ0n) is 17.9. The number of hydrogen-bond acceptors (Lipinski definition) is 3. The number of hydrogen-bond donors (Lipinski definition) is 0. The highest BCUT2D eigenvalue weighted by Gasteiger charge is 2.28. The first kappa shape index (κ1) is 19.2. The molecule has 160 valence electrons. The molecule has 0 saturated heterocycles. The number of aromatic nitrogens is 3. The normalized spacial score (nSPS) is 19.3. The van der Waals surface area contributed by atoms with Gasteiger partial charge < -0.3 is 0 Å². The van der Waals surface area contributed by atoms with Gasteiger partial charge in [0.25, 0.3) is 0 Å². The van der Waals surface area contributed by atoms with E-state index in [1.165, 1.54) is 62.3 Å². The van der Waals surface area contributed by atoms with Crippen LogP contribution in [0.25, 0.3) is 22.4 Å². The highest BCUT2D eigenvalue weighted by molar-refractivity contribution is 5.81. The summed E-state index contributed by atoms with van der Waals surface area (Å²) in [7, 11) is 0. The summed E-state index contributed by atoms with van der Waals surface area (Å²) in [6.45, 7) is 4.15. The SMILES string of the molecule is Fc1ccnc(-c2ccc3c(c2)CN(CC2CC2)C3)c1-c1cnn(CC2CCCC2)c1. The molecule has 4 nitrogen and oxygen atoms in total. The van der Waals surface area contributed by atoms with E-state index in [2.05, 4.69) is 33.2 Å². The molecule has 0 unspecified atom stereocenters. The average molecular weight is 417 g/mol. The van der Waals surface area contributed by atoms with E-state index < -0.39 is 0 Å². The van der Waals surface area contributed by atoms with E-state index in [0.29, 0.717) is 17.2 Å². The van der Waals surface area contributed by atoms with Crippen LogP contribution >= 0.6 is 0 Å². The van der Waals surface area contributed by atoms with Gasteiger partial charge in [0.2, 0.25) is 0 Å². The minimum absolute atomic E-state index is 0.235. The zero-order chi connectivity index (χ0) is 20.8. The summed E-state index contributed by atoms with van der Waals surface area (Å²) in [6, 6.07) is 7.99. The predicted octanol–water partition coefficient (Wildman–Crippen LogP) is 5.67. The van der Waals surface area contributed by atoms with Crippen LogP contribution in [0.1, 0.15) is 49.7 Å². The van der Waals surface area contributed by atoms with Crippen LogP contribution in [0.2, 0.25) is 0 Å². The molecule has 3 aromatic rings. The molecule has 1 aromatic carbocycles. The van der Waals surface area contributed by atoms with Crippen LogP contribution < -0.4 is 0 Å². The predicted molar refractivity (Wildman–Crippen MR) is 120 cm³/mol. The van der Waals surface area contributed by atoms with E-state index in [0.717, 1.165) is 36.7 Å². The summed E-state index contributed by atoms with van der Waals surface area (Å²) in [5, 5.41) is 4.55. The molecule has 2 aliphatic carbocycles. The van der Waals surface area contributed by atoms with Crippen LogP contribution in [0, 0.1) is 17.7 Å². The van der Waals surface area contributed by atoms with Gasteiger partial charge in [-0.25, -0.2) is 4.39 Å². The Hall–Kier alpha value is -2.53. The highest BCUT2D eigenvalue weighted by atomic mass is 19.1. The molecule has 0 N–H and O–H groups in total. The van der Waals surface area contributed by atoms with Crippen molar-refractivity contribution in [3.05, 3.63) is 59.8 Å². The molecule has 2 saturated carbocycles. The molecule has 1 aliphatic heterocycles. The van der Waals surface area contributed by atoms with Gasteiger partial charge in [0.15, 0.2) is 0 Å². The van der Waals surface area contributed by atoms with Gasteiger partial charge in [-0.1, -0.05) is 25.0 Å². The number of rotatable bonds is 6. The van der Waals surface area contributed by atoms with Crippen molar-refractivity contribution < 1.29 is 4.39 Å². The Kier molecular flexibility index (Phi) is 4.87. The van der Waals surface area contributed by atoms with Gasteiger partial charge in [-0.3, -0.25) is 14.6 Å². The molecule has 2 fully saturated rings. The Morgan fingerprint density at radius 3 is 2.55 bits per heavy atom. The third-order valence-corrected chi connectivity index (χ3v) is 7.22. The number of fused-ring (bicyclic) bond motifs is 1. The number of halogens is 1. The lowest BCUT2D eigenvalue weighted by atomic mass is 9.98. The van der Waals surface area contributed by atoms with Gasteiger partial charge in [0, 0.05) is 55.3 Å². The monoisotopic (exact) mass is 416 g/mol. The van der Waals surface area contributed by atoms with Crippen LogP contribution in [0.15, 0.2) is 42.9 Å². The topological polar surface area (TPSA) is 34.0 Å². The van der Waals surface area contributed by atoms with Crippen molar-refractivity contribution in [1.82, 2.24) is 19.7 Å². The first-order valence-corrected chi connectivity index (χ1v) is 11.7. The second-order valence-corrected chi connectivity index (χ2v) is 9.71. The Bertz CT molecular complexity index is 1090. The molecule has 0 spiro atoms. The van der Waals surface area contributed by atoms with Gasteiger partial charge in [0.1, 0.15) is 5.82 Å². The fraction of sp³-hybridized carbons (Fsp3) is 0.462. The smallest absolute Gasteiger partial charge is 0.134 e. The fourth-order valence-electron chi connectivity index (χ4n) is 5.39. The summed E-state index contributed by atoms with van der Waals surface area (Å²) in [6.07, 6.45) is 13.3. The lowest BCUT2D eigenvalue weighted by Crippen LogP contribution is -2.18. The molecular weight excluding hydrogens is 387 g/mol. The van der Waals surface area contributed by atoms with Crippen LogP contribution in [0.5, 0.6) is 0 Å². The second-order valence-electron chi connectivity index (χ2n) is 9.71. The van der Waals surface area contributed by atoms with Gasteiger partial charge in [-0.2, -0.15) is 5.10 Å². The largest absolute Gasteiger partial charge is 0.295 e. The van der Waals surface area contributed by atoms with Crippen LogP contribution in [0.4, 0.5) is 4.39 Å². The van der Waals surface area contributed by atoms with E-state index in [4.69, 9.17) is 0 Å². The lowest BCUT2D eigenvalue weighted by molar-refractivity contribution is 0.272. The highest BCUT2D eigenvalue weighted by Crippen LogP contribution is 2.37. The van der Waals surface area contributed by atoms with E-state index in [1.54, 1.807) is 12.4 Å². The Morgan fingerprint density at radius 2 is 1.71 bits per heavy atom. The third kappa shape index (κ3) is 3.91. The van der Waals surface area contributed by atoms with Crippen molar-refractivity contribution in [2.45, 2.75) is 58.2 Å². The summed E-state index contributed by atoms with van der Waals surface area (Å²) >= 11 is 0. The van der Waals surface area contributed by atoms with Crippen LogP contribution in [0.3, 0.4) is 0 Å². The summed E-state index contributed by atoms with van der Waals surface area (Å²) in [5.41, 5.74) is 5.83. The van der Waals surface area contributed by atoms with Crippen LogP contribution in [-0.2, 0) is 19.6 Å². The van der Waals surface area contributed by atoms with Gasteiger partial charge in [0.05, 0.1) is 11.9 Å². The van der Waals surface area contributed by atoms with Crippen molar-refractivity contribution in [1.29, 1.82) is 0 Å². The molecular formula is C26H29FN4. The standard InChI is InChI=1S/C26H29FN4/c27-24-9-10-28-26(25(24)23-12-29-31(17-23)14-18-3-1-2-4-18)20-7-8-21-15-30(13-19-5-6-19)16-22(21)11-20/h7-12,17-19H,1-6,13-16H2. The number of nitrogens with zero attached hydrogens (tertiary/aromatic N) is 4. The lowest BCUT2D eigenvalue weighted by Gasteiger charge is -2.13. The minimum Gasteiger partial charge on any atom is -0.295 e. The first-order valence-electron chi connectivity index (χ1n) is 11.7. The van der Waals surface area contributed by atoms with Gasteiger partial charge in [-0.05, 0) is 60.8 Å². The number of benzene rings is 1. The maximum atomic E-state index is 15.0. The fourth-order valence-corrected chi connectivity index (χ4v) is 5.39. The van der Waals surface area contributed by atoms with Crippen molar-refractivity contribution in [2.75, 3.05) is 6.54 Å². The zero-order valence-corrected chi connectivity index (χ0v) is 17.9. The molecule has 5 heteroatoms. The Morgan fingerprint density at radius 1 is 0.903 bits per heavy atom. The molecule has 3 heterocycles. The summed E-state index contributed by atoms with van der Waals surface area (Å²) in [4.78, 5) is 7.15. The summed E-state index contributed by atoms with van der Waals surface area (Å²) < 4.78 is 17.0. The number of pyridine rings is 1. The molecule has 31 heavy (non-hydrogen) atoms. The molecule has 0 amide bonds. The van der Waals surface area contributed by atoms with Crippen molar-refractivity contribution in [3.63, 3.8) is 0 Å². The Balaban J connectivity index is 1.30. The molecule has 0 bridgehead atoms. The molecule has 0 atom stereocenters. The van der Waals surface area contributed by atoms with Gasteiger partial charge >= 0.3 is 0 Å². The molecule has 2 aromatic heterocycles. The maximum Gasteiger partial charge on any atom is 0.134 e. The molecule has 3 aliphatic rings. The van der Waals surface area contributed by atoms with Crippen molar-refractivity contribution >= 4 is 0 Å². The first-order chi connectivity index (χ1) is 15.2. The van der Waals surface area contributed by atoms with E-state index in [1.807, 2.05) is 10.9 Å². The average Bonchev–Trinajstić information content (AvgIpc) is 3.15. The van der Waals surface area contributed by atoms with E-state index >= 15 is 4.39 Å². The van der Waals surface area contributed by atoms with Crippen molar-refractivity contribution in [3.8, 4) is 22.4 Å². The van der Waals surface area contributed by atoms with E-state index in [9.17, 15) is 0 Å². The van der Waals surface area contributed by atoms with Gasteiger partial charge in [-0.15, -0.1) is 0 Å². The van der Waals surface area contributed by atoms with E-state index in [-0.39, 0.29) is 5.82 Å². The molecule has 0 radical (unpaired) electrons. The second kappa shape index (κ2) is 7.86. The summed E-state index contributed by atoms with van der Waals surface area (Å²) in [5.74, 6) is 1.36. The molecule has 6 rings (SSSR count).